The highest BCUT2D eigenvalue weighted by Gasteiger charge is 2.28. The molecule has 7 nitrogen and oxygen atoms in total. The summed E-state index contributed by atoms with van der Waals surface area (Å²) in [7, 11) is 3.24. The van der Waals surface area contributed by atoms with Gasteiger partial charge in [-0.2, -0.15) is 8.75 Å². The van der Waals surface area contributed by atoms with Crippen LogP contribution in [0, 0.1) is 11.2 Å². The number of phenols is 1. The lowest BCUT2D eigenvalue weighted by Crippen LogP contribution is -2.26. The van der Waals surface area contributed by atoms with Crippen molar-refractivity contribution in [3.8, 4) is 5.75 Å². The van der Waals surface area contributed by atoms with Gasteiger partial charge in [-0.05, 0) is 35.2 Å². The van der Waals surface area contributed by atoms with Crippen LogP contribution >= 0.6 is 11.7 Å². The number of rotatable bonds is 6. The lowest BCUT2D eigenvalue weighted by Gasteiger charge is -2.32. The van der Waals surface area contributed by atoms with E-state index < -0.39 is 0 Å². The van der Waals surface area contributed by atoms with E-state index in [9.17, 15) is 14.3 Å². The van der Waals surface area contributed by atoms with Crippen LogP contribution < -0.4 is 10.6 Å². The predicted octanol–water partition coefficient (Wildman–Crippen LogP) is 5.03. The van der Waals surface area contributed by atoms with Crippen molar-refractivity contribution in [2.45, 2.75) is 26.8 Å². The second kappa shape index (κ2) is 8.89. The lowest BCUT2D eigenvalue weighted by atomic mass is 9.82. The average Bonchev–Trinajstić information content (AvgIpc) is 3.13. The normalized spacial score (nSPS) is 12.3. The zero-order valence-corrected chi connectivity index (χ0v) is 18.9. The number of phenolic OH excluding ortho intramolecular Hbond substituents is 1. The topological polar surface area (TPSA) is 90.4 Å². The van der Waals surface area contributed by atoms with E-state index >= 15 is 0 Å². The first-order chi connectivity index (χ1) is 14.6. The van der Waals surface area contributed by atoms with Crippen molar-refractivity contribution < 1.29 is 14.3 Å². The molecule has 0 bridgehead atoms. The molecule has 0 spiro atoms. The van der Waals surface area contributed by atoms with E-state index in [1.807, 2.05) is 26.8 Å². The van der Waals surface area contributed by atoms with E-state index in [4.69, 9.17) is 0 Å². The number of hydrogen-bond donors (Lipinski definition) is 3. The van der Waals surface area contributed by atoms with Gasteiger partial charge in [-0.25, -0.2) is 4.39 Å². The molecule has 3 N–H and O–H groups in total. The van der Waals surface area contributed by atoms with E-state index in [2.05, 4.69) is 19.4 Å². The van der Waals surface area contributed by atoms with Gasteiger partial charge in [-0.15, -0.1) is 0 Å². The first-order valence-corrected chi connectivity index (χ1v) is 10.5. The Balaban J connectivity index is 1.91. The van der Waals surface area contributed by atoms with Gasteiger partial charge in [0, 0.05) is 14.1 Å². The third kappa shape index (κ3) is 5.11. The number of para-hydroxylation sites is 1. The minimum Gasteiger partial charge on any atom is -0.505 e. The summed E-state index contributed by atoms with van der Waals surface area (Å²) in [6.07, 6.45) is 0. The van der Waals surface area contributed by atoms with Crippen molar-refractivity contribution in [1.82, 2.24) is 13.6 Å². The molecule has 0 saturated carbocycles. The minimum atomic E-state index is -0.310. The largest absolute Gasteiger partial charge is 0.505 e. The van der Waals surface area contributed by atoms with Gasteiger partial charge >= 0.3 is 0 Å². The van der Waals surface area contributed by atoms with Gasteiger partial charge in [0.2, 0.25) is 0 Å². The van der Waals surface area contributed by atoms with Crippen LogP contribution in [0.25, 0.3) is 0 Å². The van der Waals surface area contributed by atoms with Crippen LogP contribution in [-0.2, 0) is 0 Å². The Morgan fingerprint density at radius 1 is 1.13 bits per heavy atom. The predicted molar refractivity (Wildman–Crippen MR) is 122 cm³/mol. The molecule has 0 fully saturated rings. The Labute approximate surface area is 185 Å². The summed E-state index contributed by atoms with van der Waals surface area (Å²) >= 11 is 1.00. The van der Waals surface area contributed by atoms with E-state index in [0.29, 0.717) is 17.3 Å². The molecule has 0 aliphatic rings. The molecular weight excluding hydrogens is 417 g/mol. The maximum absolute atomic E-state index is 13.8. The zero-order chi connectivity index (χ0) is 22.8. The van der Waals surface area contributed by atoms with Crippen molar-refractivity contribution in [3.05, 3.63) is 59.4 Å². The summed E-state index contributed by atoms with van der Waals surface area (Å²) in [5.74, 6) is 0.0846. The van der Waals surface area contributed by atoms with Crippen molar-refractivity contribution in [2.75, 3.05) is 24.7 Å². The van der Waals surface area contributed by atoms with Gasteiger partial charge in [0.25, 0.3) is 5.91 Å². The summed E-state index contributed by atoms with van der Waals surface area (Å²) < 4.78 is 22.5. The SMILES string of the molecule is CN(C)C(=O)c1cccc(Nc2nsnc2NC(c2cccc(F)c2)C(C)(C)C)c1O. The van der Waals surface area contributed by atoms with Gasteiger partial charge in [0.1, 0.15) is 5.82 Å². The van der Waals surface area contributed by atoms with Gasteiger partial charge < -0.3 is 20.6 Å². The van der Waals surface area contributed by atoms with Gasteiger partial charge in [-0.1, -0.05) is 39.0 Å². The number of amides is 1. The molecule has 1 atom stereocenters. The van der Waals surface area contributed by atoms with Gasteiger partial charge in [0.05, 0.1) is 29.0 Å². The molecule has 9 heteroatoms. The standard InChI is InChI=1S/C22H26FN5O2S/c1-22(2,3)18(13-8-6-9-14(23)12-13)25-20-19(26-31-27-20)24-16-11-7-10-15(17(16)29)21(30)28(4)5/h6-12,18,29H,1-5H3,(H,24,26)(H,25,27). The van der Waals surface area contributed by atoms with Crippen molar-refractivity contribution in [1.29, 1.82) is 0 Å². The van der Waals surface area contributed by atoms with E-state index in [0.717, 1.165) is 17.3 Å². The molecular formula is C22H26FN5O2S. The van der Waals surface area contributed by atoms with Crippen LogP contribution in [0.2, 0.25) is 0 Å². The van der Waals surface area contributed by atoms with Crippen LogP contribution in [0.15, 0.2) is 42.5 Å². The van der Waals surface area contributed by atoms with E-state index in [-0.39, 0.29) is 34.5 Å². The molecule has 1 aromatic heterocycles. The van der Waals surface area contributed by atoms with Crippen LogP contribution in [0.1, 0.15) is 42.7 Å². The number of hydrogen-bond acceptors (Lipinski definition) is 7. The summed E-state index contributed by atoms with van der Waals surface area (Å²) in [5, 5.41) is 17.0. The fourth-order valence-corrected chi connectivity index (χ4v) is 3.65. The zero-order valence-electron chi connectivity index (χ0n) is 18.1. The first-order valence-electron chi connectivity index (χ1n) is 9.73. The summed E-state index contributed by atoms with van der Waals surface area (Å²) in [6, 6.07) is 11.1. The third-order valence-corrected chi connectivity index (χ3v) is 5.27. The quantitative estimate of drug-likeness (QED) is 0.463. The maximum Gasteiger partial charge on any atom is 0.257 e. The highest BCUT2D eigenvalue weighted by molar-refractivity contribution is 6.99. The van der Waals surface area contributed by atoms with Crippen molar-refractivity contribution in [3.63, 3.8) is 0 Å². The number of carbonyl (C=O) groups excluding carboxylic acids is 1. The number of nitrogens with zero attached hydrogens (tertiary/aromatic N) is 3. The number of benzene rings is 2. The fraction of sp³-hybridized carbons (Fsp3) is 0.318. The second-order valence-electron chi connectivity index (χ2n) is 8.49. The van der Waals surface area contributed by atoms with Crippen LogP contribution in [0.5, 0.6) is 5.75 Å². The van der Waals surface area contributed by atoms with Crippen LogP contribution in [0.3, 0.4) is 0 Å². The molecule has 3 aromatic rings. The van der Waals surface area contributed by atoms with E-state index in [1.54, 1.807) is 38.4 Å². The Morgan fingerprint density at radius 3 is 2.45 bits per heavy atom. The molecule has 1 heterocycles. The molecule has 2 aromatic carbocycles. The number of carbonyl (C=O) groups is 1. The Bertz CT molecular complexity index is 1080. The molecule has 1 unspecified atom stereocenters. The fourth-order valence-electron chi connectivity index (χ4n) is 3.17. The average molecular weight is 444 g/mol. The number of aromatic nitrogens is 2. The Hall–Kier alpha value is -3.20. The minimum absolute atomic E-state index is 0.169. The van der Waals surface area contributed by atoms with Crippen molar-refractivity contribution in [2.24, 2.45) is 5.41 Å². The molecule has 0 saturated heterocycles. The number of aromatic hydroxyl groups is 1. The third-order valence-electron chi connectivity index (χ3n) is 4.74. The highest BCUT2D eigenvalue weighted by Crippen LogP contribution is 2.39. The summed E-state index contributed by atoms with van der Waals surface area (Å²) in [4.78, 5) is 13.7. The summed E-state index contributed by atoms with van der Waals surface area (Å²) in [6.45, 7) is 6.14. The Kier molecular flexibility index (Phi) is 6.45. The first kappa shape index (κ1) is 22.5. The highest BCUT2D eigenvalue weighted by atomic mass is 32.1. The molecule has 0 aliphatic heterocycles. The Morgan fingerprint density at radius 2 is 1.81 bits per heavy atom. The lowest BCUT2D eigenvalue weighted by molar-refractivity contribution is 0.0824. The molecule has 31 heavy (non-hydrogen) atoms. The molecule has 164 valence electrons. The number of anilines is 3. The molecule has 0 aliphatic carbocycles. The van der Waals surface area contributed by atoms with E-state index in [1.165, 1.54) is 17.0 Å². The van der Waals surface area contributed by atoms with Crippen LogP contribution in [-0.4, -0.2) is 38.8 Å². The molecule has 1 amide bonds. The van der Waals surface area contributed by atoms with Crippen molar-refractivity contribution >= 4 is 35.0 Å². The second-order valence-corrected chi connectivity index (χ2v) is 9.01. The summed E-state index contributed by atoms with van der Waals surface area (Å²) in [5.41, 5.74) is 1.05. The van der Waals surface area contributed by atoms with Gasteiger partial charge in [0.15, 0.2) is 17.4 Å². The molecule has 3 rings (SSSR count). The van der Waals surface area contributed by atoms with Crippen LogP contribution in [0.4, 0.5) is 21.7 Å². The molecule has 0 radical (unpaired) electrons. The monoisotopic (exact) mass is 443 g/mol. The number of halogens is 1. The smallest absolute Gasteiger partial charge is 0.257 e. The maximum atomic E-state index is 13.8. The number of nitrogens with one attached hydrogen (secondary N) is 2. The van der Waals surface area contributed by atoms with Gasteiger partial charge in [-0.3, -0.25) is 4.79 Å².